The normalized spacial score (nSPS) is 15.9. The van der Waals surface area contributed by atoms with Gasteiger partial charge < -0.3 is 20.4 Å². The van der Waals surface area contributed by atoms with Crippen molar-refractivity contribution in [3.63, 3.8) is 0 Å². The maximum absolute atomic E-state index is 11.3. The molecule has 4 N–H and O–H groups in total. The molecule has 0 amide bonds. The lowest BCUT2D eigenvalue weighted by molar-refractivity contribution is -0.133. The van der Waals surface area contributed by atoms with Gasteiger partial charge in [0, 0.05) is 27.7 Å². The molecule has 0 spiro atoms. The molecule has 0 fully saturated rings. The zero-order chi connectivity index (χ0) is 21.4. The van der Waals surface area contributed by atoms with Gasteiger partial charge in [-0.25, -0.2) is 19.2 Å². The third kappa shape index (κ3) is 8.17. The van der Waals surface area contributed by atoms with Gasteiger partial charge in [0.1, 0.15) is 0 Å². The second-order valence-electron chi connectivity index (χ2n) is 6.24. The highest BCUT2D eigenvalue weighted by Gasteiger charge is 2.26. The van der Waals surface area contributed by atoms with E-state index in [1.165, 1.54) is 52.0 Å². The summed E-state index contributed by atoms with van der Waals surface area (Å²) in [5.41, 5.74) is -1.56. The van der Waals surface area contributed by atoms with Crippen molar-refractivity contribution in [2.24, 2.45) is 5.41 Å². The van der Waals surface area contributed by atoms with Crippen LogP contribution in [0.25, 0.3) is 0 Å². The Kier molecular flexibility index (Phi) is 8.92. The van der Waals surface area contributed by atoms with Crippen LogP contribution < -0.4 is 0 Å². The van der Waals surface area contributed by atoms with Gasteiger partial charge in [-0.15, -0.1) is 0 Å². The van der Waals surface area contributed by atoms with Crippen LogP contribution in [0.4, 0.5) is 0 Å². The molecule has 0 aromatic rings. The molecular weight excluding hydrogens is 356 g/mol. The Bertz CT molecular complexity index is 676. The topological polar surface area (TPSA) is 149 Å². The first-order valence-electron chi connectivity index (χ1n) is 7.99. The smallest absolute Gasteiger partial charge is 0.330 e. The minimum Gasteiger partial charge on any atom is -0.478 e. The van der Waals surface area contributed by atoms with E-state index in [1.807, 2.05) is 0 Å². The Morgan fingerprint density at radius 1 is 0.630 bits per heavy atom. The number of carbonyl (C=O) groups is 4. The largest absolute Gasteiger partial charge is 0.478 e. The van der Waals surface area contributed by atoms with Gasteiger partial charge in [-0.05, 0) is 40.5 Å². The molecule has 0 saturated carbocycles. The van der Waals surface area contributed by atoms with Gasteiger partial charge in [0.25, 0.3) is 0 Å². The number of carboxylic acids is 4. The number of allylic oxidation sites excluding steroid dienone is 4. The van der Waals surface area contributed by atoms with Crippen LogP contribution in [-0.4, -0.2) is 44.3 Å². The third-order valence-electron chi connectivity index (χ3n) is 3.83. The lowest BCUT2D eigenvalue weighted by Gasteiger charge is -2.25. The summed E-state index contributed by atoms with van der Waals surface area (Å²) in [6, 6.07) is 0. The van der Waals surface area contributed by atoms with Crippen molar-refractivity contribution in [2.45, 2.75) is 40.5 Å². The van der Waals surface area contributed by atoms with Crippen LogP contribution in [-0.2, 0) is 19.2 Å². The second-order valence-corrected chi connectivity index (χ2v) is 6.24. The monoisotopic (exact) mass is 380 g/mol. The molecule has 0 atom stereocenters. The van der Waals surface area contributed by atoms with Crippen molar-refractivity contribution in [1.82, 2.24) is 0 Å². The summed E-state index contributed by atoms with van der Waals surface area (Å²) in [6.07, 6.45) is 5.48. The molecular formula is C19H24O8. The zero-order valence-electron chi connectivity index (χ0n) is 15.6. The molecule has 148 valence electrons. The Hall–Kier alpha value is -3.16. The summed E-state index contributed by atoms with van der Waals surface area (Å²) in [6.45, 7) is 5.31. The molecule has 0 heterocycles. The highest BCUT2D eigenvalue weighted by molar-refractivity contribution is 5.89. The van der Waals surface area contributed by atoms with Crippen molar-refractivity contribution in [1.29, 1.82) is 0 Å². The van der Waals surface area contributed by atoms with Crippen molar-refractivity contribution in [2.75, 3.05) is 0 Å². The summed E-state index contributed by atoms with van der Waals surface area (Å²) in [5, 5.41) is 36.5. The summed E-state index contributed by atoms with van der Waals surface area (Å²) < 4.78 is 0. The van der Waals surface area contributed by atoms with Crippen LogP contribution >= 0.6 is 0 Å². The summed E-state index contributed by atoms with van der Waals surface area (Å²) >= 11 is 0. The minimum absolute atomic E-state index is 0.0701. The Morgan fingerprint density at radius 2 is 0.926 bits per heavy atom. The molecule has 0 aromatic heterocycles. The number of aliphatic carboxylic acids is 4. The Labute approximate surface area is 156 Å². The summed E-state index contributed by atoms with van der Waals surface area (Å²) in [5.74, 6) is -4.83. The highest BCUT2D eigenvalue weighted by Crippen LogP contribution is 2.34. The number of hydrogen-bond acceptors (Lipinski definition) is 4. The first-order valence-corrected chi connectivity index (χ1v) is 7.99. The van der Waals surface area contributed by atoms with E-state index < -0.39 is 29.3 Å². The fourth-order valence-corrected chi connectivity index (χ4v) is 2.36. The first-order chi connectivity index (χ1) is 12.3. The van der Waals surface area contributed by atoms with E-state index in [0.29, 0.717) is 0 Å². The van der Waals surface area contributed by atoms with E-state index in [9.17, 15) is 34.5 Å². The molecule has 8 nitrogen and oxygen atoms in total. The molecule has 0 aliphatic carbocycles. The van der Waals surface area contributed by atoms with Crippen LogP contribution in [0.1, 0.15) is 40.5 Å². The molecule has 0 rings (SSSR count). The molecule has 0 aliphatic heterocycles. The highest BCUT2D eigenvalue weighted by atomic mass is 16.4. The van der Waals surface area contributed by atoms with E-state index in [4.69, 9.17) is 5.11 Å². The third-order valence-corrected chi connectivity index (χ3v) is 3.83. The molecule has 27 heavy (non-hydrogen) atoms. The maximum atomic E-state index is 11.3. The van der Waals surface area contributed by atoms with Crippen LogP contribution in [0.15, 0.2) is 46.6 Å². The minimum atomic E-state index is -1.33. The van der Waals surface area contributed by atoms with Crippen molar-refractivity contribution in [3.8, 4) is 0 Å². The van der Waals surface area contributed by atoms with E-state index in [-0.39, 0.29) is 35.1 Å². The van der Waals surface area contributed by atoms with Crippen LogP contribution in [0, 0.1) is 5.41 Å². The van der Waals surface area contributed by atoms with Crippen LogP contribution in [0.2, 0.25) is 0 Å². The number of hydrogen-bond donors (Lipinski definition) is 4. The Balaban J connectivity index is 6.47. The molecule has 0 unspecified atom stereocenters. The molecule has 0 radical (unpaired) electrons. The van der Waals surface area contributed by atoms with Gasteiger partial charge >= 0.3 is 23.9 Å². The predicted octanol–water partition coefficient (Wildman–Crippen LogP) is 2.88. The van der Waals surface area contributed by atoms with E-state index >= 15 is 0 Å². The predicted molar refractivity (Wildman–Crippen MR) is 97.2 cm³/mol. The summed E-state index contributed by atoms with van der Waals surface area (Å²) in [4.78, 5) is 44.7. The SMILES string of the molecule is CC(=CCCC(C=C(C)C(=O)O)(C=C(C)C(=O)O)C=C(C)C(=O)O)C(=O)O. The van der Waals surface area contributed by atoms with Crippen LogP contribution in [0.5, 0.6) is 0 Å². The Morgan fingerprint density at radius 3 is 1.19 bits per heavy atom. The lowest BCUT2D eigenvalue weighted by Crippen LogP contribution is -2.18. The average Bonchev–Trinajstić information content (AvgIpc) is 2.53. The number of carboxylic acid groups (broad SMARTS) is 4. The van der Waals surface area contributed by atoms with E-state index in [1.54, 1.807) is 0 Å². The van der Waals surface area contributed by atoms with Crippen molar-refractivity contribution >= 4 is 23.9 Å². The molecule has 0 saturated heterocycles. The van der Waals surface area contributed by atoms with Gasteiger partial charge in [0.2, 0.25) is 0 Å². The van der Waals surface area contributed by atoms with E-state index in [2.05, 4.69) is 0 Å². The summed E-state index contributed by atoms with van der Waals surface area (Å²) in [7, 11) is 0. The fourth-order valence-electron chi connectivity index (χ4n) is 2.36. The molecule has 0 bridgehead atoms. The maximum Gasteiger partial charge on any atom is 0.330 e. The zero-order valence-corrected chi connectivity index (χ0v) is 15.6. The second kappa shape index (κ2) is 10.1. The standard InChI is InChI=1S/C19H24O8/c1-11(15(20)21)6-5-7-19(8-12(2)16(22)23,9-13(3)17(24)25)10-14(4)18(26)27/h6,8-10H,5,7H2,1-4H3,(H,20,21)(H,22,23)(H,24,25)(H,26,27). The average molecular weight is 380 g/mol. The van der Waals surface area contributed by atoms with Gasteiger partial charge in [-0.3, -0.25) is 0 Å². The molecule has 0 aliphatic rings. The van der Waals surface area contributed by atoms with Crippen LogP contribution in [0.3, 0.4) is 0 Å². The van der Waals surface area contributed by atoms with Gasteiger partial charge in [-0.1, -0.05) is 24.3 Å². The fraction of sp³-hybridized carbons (Fsp3) is 0.368. The molecule has 8 heteroatoms. The lowest BCUT2D eigenvalue weighted by atomic mass is 9.78. The van der Waals surface area contributed by atoms with Gasteiger partial charge in [0.05, 0.1) is 0 Å². The van der Waals surface area contributed by atoms with E-state index in [0.717, 1.165) is 0 Å². The van der Waals surface area contributed by atoms with Gasteiger partial charge in [0.15, 0.2) is 0 Å². The molecule has 0 aromatic carbocycles. The quantitative estimate of drug-likeness (QED) is 0.423. The first kappa shape index (κ1) is 23.8. The van der Waals surface area contributed by atoms with Gasteiger partial charge in [-0.2, -0.15) is 0 Å². The van der Waals surface area contributed by atoms with Crippen molar-refractivity contribution < 1.29 is 39.6 Å². The van der Waals surface area contributed by atoms with Crippen molar-refractivity contribution in [3.05, 3.63) is 46.6 Å². The number of rotatable bonds is 10.